The third-order valence-corrected chi connectivity index (χ3v) is 2.93. The lowest BCUT2D eigenvalue weighted by Gasteiger charge is -2.15. The maximum Gasteiger partial charge on any atom is 0.320 e. The number of hydrogen-bond donors (Lipinski definition) is 3. The second-order valence-electron chi connectivity index (χ2n) is 4.56. The first-order chi connectivity index (χ1) is 9.93. The molecule has 1 rings (SSSR count). The molecule has 21 heavy (non-hydrogen) atoms. The highest BCUT2D eigenvalue weighted by molar-refractivity contribution is 5.76. The fraction of sp³-hybridized carbons (Fsp3) is 0.333. The molecule has 0 aliphatic carbocycles. The van der Waals surface area contributed by atoms with Gasteiger partial charge in [0.15, 0.2) is 0 Å². The van der Waals surface area contributed by atoms with Gasteiger partial charge in [0.2, 0.25) is 0 Å². The van der Waals surface area contributed by atoms with Crippen LogP contribution in [0, 0.1) is 18.3 Å². The number of carboxylic acid groups (broad SMARTS) is 2. The van der Waals surface area contributed by atoms with Crippen molar-refractivity contribution in [2.45, 2.75) is 18.9 Å². The molecule has 6 heteroatoms. The number of ether oxygens (including phenoxy) is 1. The van der Waals surface area contributed by atoms with Crippen molar-refractivity contribution < 1.29 is 24.5 Å². The van der Waals surface area contributed by atoms with Gasteiger partial charge in [-0.1, -0.05) is 18.1 Å². The van der Waals surface area contributed by atoms with E-state index in [1.807, 2.05) is 0 Å². The van der Waals surface area contributed by atoms with Crippen molar-refractivity contribution in [1.29, 1.82) is 0 Å². The highest BCUT2D eigenvalue weighted by Crippen LogP contribution is 2.18. The topological polar surface area (TPSA) is 110 Å². The van der Waals surface area contributed by atoms with Crippen LogP contribution in [-0.4, -0.2) is 34.8 Å². The van der Waals surface area contributed by atoms with E-state index in [4.69, 9.17) is 27.1 Å². The number of hydrogen-bond acceptors (Lipinski definition) is 4. The largest absolute Gasteiger partial charge is 0.481 e. The van der Waals surface area contributed by atoms with Crippen LogP contribution >= 0.6 is 0 Å². The molecule has 112 valence electrons. The molecule has 4 N–H and O–H groups in total. The molecule has 0 bridgehead atoms. The van der Waals surface area contributed by atoms with Gasteiger partial charge in [-0.05, 0) is 30.5 Å². The Balaban J connectivity index is 2.69. The lowest BCUT2D eigenvalue weighted by Crippen LogP contribution is -2.35. The number of terminal acetylenes is 1. The molecule has 0 fully saturated rings. The lowest BCUT2D eigenvalue weighted by molar-refractivity contribution is -0.143. The Morgan fingerprint density at radius 1 is 1.24 bits per heavy atom. The van der Waals surface area contributed by atoms with E-state index in [-0.39, 0.29) is 19.4 Å². The zero-order valence-electron chi connectivity index (χ0n) is 11.4. The molecular weight excluding hydrogens is 274 g/mol. The van der Waals surface area contributed by atoms with Gasteiger partial charge in [-0.15, -0.1) is 6.42 Å². The van der Waals surface area contributed by atoms with Crippen LogP contribution < -0.4 is 10.5 Å². The summed E-state index contributed by atoms with van der Waals surface area (Å²) in [5.74, 6) is -0.203. The van der Waals surface area contributed by atoms with Gasteiger partial charge < -0.3 is 20.7 Å². The molecule has 0 saturated carbocycles. The molecule has 1 aromatic carbocycles. The summed E-state index contributed by atoms with van der Waals surface area (Å²) in [4.78, 5) is 21.9. The van der Waals surface area contributed by atoms with Crippen molar-refractivity contribution in [2.75, 3.05) is 6.61 Å². The predicted molar refractivity (Wildman–Crippen MR) is 75.8 cm³/mol. The Kier molecular flexibility index (Phi) is 6.24. The minimum absolute atomic E-state index is 0.125. The number of carboxylic acids is 2. The molecule has 2 atom stereocenters. The minimum Gasteiger partial charge on any atom is -0.481 e. The highest BCUT2D eigenvalue weighted by Gasteiger charge is 2.24. The molecule has 0 saturated heterocycles. The van der Waals surface area contributed by atoms with E-state index < -0.39 is 23.9 Å². The average molecular weight is 291 g/mol. The molecule has 0 radical (unpaired) electrons. The highest BCUT2D eigenvalue weighted by atomic mass is 16.5. The number of nitrogens with two attached hydrogens (primary N) is 1. The fourth-order valence-electron chi connectivity index (χ4n) is 1.81. The Labute approximate surface area is 122 Å². The zero-order chi connectivity index (χ0) is 15.8. The molecule has 6 nitrogen and oxygen atoms in total. The molecule has 0 aliphatic rings. The van der Waals surface area contributed by atoms with Crippen LogP contribution in [0.1, 0.15) is 12.0 Å². The van der Waals surface area contributed by atoms with Gasteiger partial charge >= 0.3 is 11.9 Å². The van der Waals surface area contributed by atoms with E-state index in [0.29, 0.717) is 5.75 Å². The summed E-state index contributed by atoms with van der Waals surface area (Å²) in [5.41, 5.74) is 6.14. The van der Waals surface area contributed by atoms with Crippen LogP contribution in [0.4, 0.5) is 0 Å². The molecule has 0 aromatic heterocycles. The van der Waals surface area contributed by atoms with Gasteiger partial charge in [0.1, 0.15) is 18.4 Å². The molecule has 0 aliphatic heterocycles. The molecular formula is C15H17NO5. The standard InChI is InChI=1S/C15H17NO5/c1-2-7-21-12-5-3-10(4-6-12)8-11(14(17)18)9-13(16)15(19)20/h1,3-6,11,13H,7-9,16H2,(H,17,18)(H,19,20)/t11?,13-/m0/s1. The van der Waals surface area contributed by atoms with Crippen molar-refractivity contribution in [3.05, 3.63) is 29.8 Å². The van der Waals surface area contributed by atoms with Crippen LogP contribution in [0.2, 0.25) is 0 Å². The van der Waals surface area contributed by atoms with Crippen LogP contribution in [-0.2, 0) is 16.0 Å². The van der Waals surface area contributed by atoms with Crippen molar-refractivity contribution in [1.82, 2.24) is 0 Å². The molecule has 1 unspecified atom stereocenters. The van der Waals surface area contributed by atoms with E-state index in [9.17, 15) is 9.59 Å². The fourth-order valence-corrected chi connectivity index (χ4v) is 1.81. The number of rotatable bonds is 8. The Morgan fingerprint density at radius 3 is 2.33 bits per heavy atom. The summed E-state index contributed by atoms with van der Waals surface area (Å²) in [6.07, 6.45) is 5.15. The molecule has 0 amide bonds. The van der Waals surface area contributed by atoms with Gasteiger partial charge in [-0.2, -0.15) is 0 Å². The van der Waals surface area contributed by atoms with E-state index in [1.165, 1.54) is 0 Å². The quantitative estimate of drug-likeness (QED) is 0.609. The van der Waals surface area contributed by atoms with Gasteiger partial charge in [-0.25, -0.2) is 0 Å². The normalized spacial score (nSPS) is 13.0. The Bertz CT molecular complexity index is 532. The predicted octanol–water partition coefficient (Wildman–Crippen LogP) is 0.744. The van der Waals surface area contributed by atoms with Crippen molar-refractivity contribution in [3.8, 4) is 18.1 Å². The maximum absolute atomic E-state index is 11.2. The summed E-state index contributed by atoms with van der Waals surface area (Å²) in [6.45, 7) is 0.157. The van der Waals surface area contributed by atoms with E-state index >= 15 is 0 Å². The van der Waals surface area contributed by atoms with Gasteiger partial charge in [-0.3, -0.25) is 9.59 Å². The Hall–Kier alpha value is -2.52. The summed E-state index contributed by atoms with van der Waals surface area (Å²) in [5, 5.41) is 17.9. The van der Waals surface area contributed by atoms with Gasteiger partial charge in [0.25, 0.3) is 0 Å². The van der Waals surface area contributed by atoms with Crippen LogP contribution in [0.15, 0.2) is 24.3 Å². The Morgan fingerprint density at radius 2 is 1.86 bits per heavy atom. The summed E-state index contributed by atoms with van der Waals surface area (Å²) in [7, 11) is 0. The smallest absolute Gasteiger partial charge is 0.320 e. The van der Waals surface area contributed by atoms with Crippen LogP contribution in [0.3, 0.4) is 0 Å². The third-order valence-electron chi connectivity index (χ3n) is 2.93. The first kappa shape index (κ1) is 16.5. The van der Waals surface area contributed by atoms with Crippen LogP contribution in [0.25, 0.3) is 0 Å². The van der Waals surface area contributed by atoms with Gasteiger partial charge in [0.05, 0.1) is 5.92 Å². The average Bonchev–Trinajstić information content (AvgIpc) is 2.45. The zero-order valence-corrected chi connectivity index (χ0v) is 11.4. The summed E-state index contributed by atoms with van der Waals surface area (Å²) in [6, 6.07) is 5.61. The number of benzene rings is 1. The maximum atomic E-state index is 11.2. The monoisotopic (exact) mass is 291 g/mol. The summed E-state index contributed by atoms with van der Waals surface area (Å²) >= 11 is 0. The van der Waals surface area contributed by atoms with Crippen LogP contribution in [0.5, 0.6) is 5.75 Å². The van der Waals surface area contributed by atoms with E-state index in [2.05, 4.69) is 5.92 Å². The first-order valence-corrected chi connectivity index (χ1v) is 6.30. The third kappa shape index (κ3) is 5.55. The minimum atomic E-state index is -1.21. The van der Waals surface area contributed by atoms with E-state index in [0.717, 1.165) is 5.56 Å². The van der Waals surface area contributed by atoms with Crippen molar-refractivity contribution in [2.24, 2.45) is 11.7 Å². The second-order valence-corrected chi connectivity index (χ2v) is 4.56. The lowest BCUT2D eigenvalue weighted by atomic mass is 9.93. The second kappa shape index (κ2) is 7.92. The molecule has 0 heterocycles. The number of carbonyl (C=O) groups is 2. The first-order valence-electron chi connectivity index (χ1n) is 6.30. The van der Waals surface area contributed by atoms with Crippen molar-refractivity contribution >= 4 is 11.9 Å². The van der Waals surface area contributed by atoms with Gasteiger partial charge in [0, 0.05) is 0 Å². The molecule has 0 spiro atoms. The van der Waals surface area contributed by atoms with Crippen molar-refractivity contribution in [3.63, 3.8) is 0 Å². The van der Waals surface area contributed by atoms with E-state index in [1.54, 1.807) is 24.3 Å². The summed E-state index contributed by atoms with van der Waals surface area (Å²) < 4.78 is 5.21. The molecule has 1 aromatic rings. The SMILES string of the molecule is C#CCOc1ccc(CC(C[C@H](N)C(=O)O)C(=O)O)cc1. The number of aliphatic carboxylic acids is 2.